The van der Waals surface area contributed by atoms with Crippen LogP contribution >= 0.6 is 11.8 Å². The van der Waals surface area contributed by atoms with Crippen LogP contribution < -0.4 is 4.74 Å². The Balaban J connectivity index is 1.99. The lowest BCUT2D eigenvalue weighted by atomic mass is 10.3. The normalized spacial score (nSPS) is 10.4. The molecule has 0 amide bonds. The molecule has 2 rings (SSSR count). The molecule has 0 radical (unpaired) electrons. The van der Waals surface area contributed by atoms with E-state index in [9.17, 15) is 0 Å². The summed E-state index contributed by atoms with van der Waals surface area (Å²) in [6.07, 6.45) is 0. The summed E-state index contributed by atoms with van der Waals surface area (Å²) in [6, 6.07) is 9.93. The lowest BCUT2D eigenvalue weighted by molar-refractivity contribution is 0.393. The Morgan fingerprint density at radius 3 is 2.94 bits per heavy atom. The second-order valence-electron chi connectivity index (χ2n) is 3.40. The van der Waals surface area contributed by atoms with Gasteiger partial charge in [-0.2, -0.15) is 0 Å². The van der Waals surface area contributed by atoms with E-state index in [1.54, 1.807) is 18.9 Å². The molecular weight excluding hydrogens is 222 g/mol. The molecule has 0 aliphatic carbocycles. The van der Waals surface area contributed by atoms with Crippen LogP contribution in [0.5, 0.6) is 5.75 Å². The second-order valence-corrected chi connectivity index (χ2v) is 4.45. The molecule has 3 nitrogen and oxygen atoms in total. The van der Waals surface area contributed by atoms with E-state index < -0.39 is 0 Å². The van der Waals surface area contributed by atoms with Crippen LogP contribution in [0.3, 0.4) is 0 Å². The van der Waals surface area contributed by atoms with Crippen molar-refractivity contribution in [3.05, 3.63) is 41.8 Å². The summed E-state index contributed by atoms with van der Waals surface area (Å²) in [7, 11) is 1.67. The molecule has 0 aliphatic rings. The van der Waals surface area contributed by atoms with Crippen LogP contribution in [0, 0.1) is 6.92 Å². The van der Waals surface area contributed by atoms with E-state index in [2.05, 4.69) is 11.2 Å². The minimum absolute atomic E-state index is 0.810. The van der Waals surface area contributed by atoms with Crippen LogP contribution in [0.25, 0.3) is 0 Å². The quantitative estimate of drug-likeness (QED) is 0.762. The number of hydrogen-bond donors (Lipinski definition) is 0. The standard InChI is InChI=1S/C12H13NO2S/c1-9-6-10(13-15-9)8-16-12-5-3-4-11(7-12)14-2/h3-7H,8H2,1-2H3. The summed E-state index contributed by atoms with van der Waals surface area (Å²) in [4.78, 5) is 1.17. The molecule has 0 unspecified atom stereocenters. The Morgan fingerprint density at radius 2 is 2.25 bits per heavy atom. The molecule has 0 spiro atoms. The van der Waals surface area contributed by atoms with Gasteiger partial charge in [0.15, 0.2) is 0 Å². The van der Waals surface area contributed by atoms with E-state index in [4.69, 9.17) is 9.26 Å². The zero-order chi connectivity index (χ0) is 11.4. The van der Waals surface area contributed by atoms with Crippen molar-refractivity contribution >= 4 is 11.8 Å². The number of benzene rings is 1. The molecule has 0 N–H and O–H groups in total. The second kappa shape index (κ2) is 5.07. The molecule has 1 aromatic carbocycles. The van der Waals surface area contributed by atoms with Gasteiger partial charge in [-0.3, -0.25) is 0 Å². The minimum atomic E-state index is 0.810. The van der Waals surface area contributed by atoms with Gasteiger partial charge >= 0.3 is 0 Å². The Kier molecular flexibility index (Phi) is 3.51. The number of nitrogens with zero attached hydrogens (tertiary/aromatic N) is 1. The van der Waals surface area contributed by atoms with Gasteiger partial charge in [-0.25, -0.2) is 0 Å². The summed E-state index contributed by atoms with van der Waals surface area (Å²) in [6.45, 7) is 1.90. The van der Waals surface area contributed by atoms with Crippen molar-refractivity contribution in [2.24, 2.45) is 0 Å². The first-order chi connectivity index (χ1) is 7.78. The maximum Gasteiger partial charge on any atom is 0.133 e. The summed E-state index contributed by atoms with van der Waals surface area (Å²) in [5, 5.41) is 3.95. The van der Waals surface area contributed by atoms with E-state index >= 15 is 0 Å². The van der Waals surface area contributed by atoms with E-state index in [-0.39, 0.29) is 0 Å². The Labute approximate surface area is 98.8 Å². The summed E-state index contributed by atoms with van der Waals surface area (Å²) in [5.41, 5.74) is 0.963. The smallest absolute Gasteiger partial charge is 0.133 e. The SMILES string of the molecule is COc1cccc(SCc2cc(C)on2)c1. The highest BCUT2D eigenvalue weighted by Gasteiger charge is 2.02. The molecule has 4 heteroatoms. The Bertz CT molecular complexity index is 468. The highest BCUT2D eigenvalue weighted by Crippen LogP contribution is 2.25. The first-order valence-corrected chi connectivity index (χ1v) is 5.95. The highest BCUT2D eigenvalue weighted by atomic mass is 32.2. The van der Waals surface area contributed by atoms with Gasteiger partial charge in [0.05, 0.1) is 12.8 Å². The number of methoxy groups -OCH3 is 1. The molecule has 84 valence electrons. The lowest BCUT2D eigenvalue weighted by Gasteiger charge is -2.02. The molecule has 16 heavy (non-hydrogen) atoms. The van der Waals surface area contributed by atoms with Crippen LogP contribution in [-0.2, 0) is 5.75 Å². The Hall–Kier alpha value is -1.42. The van der Waals surface area contributed by atoms with E-state index in [0.717, 1.165) is 23.0 Å². The molecule has 1 aromatic heterocycles. The van der Waals surface area contributed by atoms with Gasteiger partial charge in [-0.15, -0.1) is 11.8 Å². The van der Waals surface area contributed by atoms with Crippen LogP contribution in [-0.4, -0.2) is 12.3 Å². The van der Waals surface area contributed by atoms with Gasteiger partial charge < -0.3 is 9.26 Å². The van der Waals surface area contributed by atoms with Gasteiger partial charge in [0.2, 0.25) is 0 Å². The summed E-state index contributed by atoms with van der Waals surface area (Å²) >= 11 is 1.71. The lowest BCUT2D eigenvalue weighted by Crippen LogP contribution is -1.83. The van der Waals surface area contributed by atoms with Crippen molar-refractivity contribution in [1.82, 2.24) is 5.16 Å². The van der Waals surface area contributed by atoms with E-state index in [1.165, 1.54) is 4.90 Å². The number of aromatic nitrogens is 1. The average Bonchev–Trinajstić information content (AvgIpc) is 2.73. The fourth-order valence-corrected chi connectivity index (χ4v) is 2.16. The molecule has 0 fully saturated rings. The number of hydrogen-bond acceptors (Lipinski definition) is 4. The van der Waals surface area contributed by atoms with Gasteiger partial charge in [-0.05, 0) is 25.1 Å². The molecule has 2 aromatic rings. The largest absolute Gasteiger partial charge is 0.497 e. The van der Waals surface area contributed by atoms with Crippen LogP contribution in [0.1, 0.15) is 11.5 Å². The summed E-state index contributed by atoms with van der Waals surface area (Å²) in [5.74, 6) is 2.53. The fraction of sp³-hybridized carbons (Fsp3) is 0.250. The van der Waals surface area contributed by atoms with Gasteiger partial charge in [0, 0.05) is 16.7 Å². The zero-order valence-corrected chi connectivity index (χ0v) is 10.1. The maximum atomic E-state index is 5.16. The van der Waals surface area contributed by atoms with Crippen LogP contribution in [0.2, 0.25) is 0 Å². The predicted octanol–water partition coefficient (Wildman–Crippen LogP) is 3.28. The number of ether oxygens (including phenoxy) is 1. The first-order valence-electron chi connectivity index (χ1n) is 4.97. The topological polar surface area (TPSA) is 35.3 Å². The van der Waals surface area contributed by atoms with Crippen molar-refractivity contribution in [3.8, 4) is 5.75 Å². The van der Waals surface area contributed by atoms with Gasteiger partial charge in [0.1, 0.15) is 11.5 Å². The molecule has 0 bridgehead atoms. The van der Waals surface area contributed by atoms with Crippen molar-refractivity contribution in [1.29, 1.82) is 0 Å². The maximum absolute atomic E-state index is 5.16. The molecule has 0 atom stereocenters. The van der Waals surface area contributed by atoms with Crippen LogP contribution in [0.4, 0.5) is 0 Å². The third-order valence-corrected chi connectivity index (χ3v) is 3.13. The van der Waals surface area contributed by atoms with Crippen LogP contribution in [0.15, 0.2) is 39.8 Å². The number of thioether (sulfide) groups is 1. The first kappa shape index (κ1) is 11.1. The fourth-order valence-electron chi connectivity index (χ4n) is 1.33. The van der Waals surface area contributed by atoms with E-state index in [1.807, 2.05) is 31.2 Å². The summed E-state index contributed by atoms with van der Waals surface area (Å²) < 4.78 is 10.2. The number of rotatable bonds is 4. The Morgan fingerprint density at radius 1 is 1.38 bits per heavy atom. The van der Waals surface area contributed by atoms with Gasteiger partial charge in [-0.1, -0.05) is 11.2 Å². The van der Waals surface area contributed by atoms with Crippen molar-refractivity contribution in [2.45, 2.75) is 17.6 Å². The van der Waals surface area contributed by atoms with Gasteiger partial charge in [0.25, 0.3) is 0 Å². The predicted molar refractivity (Wildman–Crippen MR) is 63.8 cm³/mol. The van der Waals surface area contributed by atoms with Crippen molar-refractivity contribution in [2.75, 3.05) is 7.11 Å². The molecule has 1 heterocycles. The third-order valence-electron chi connectivity index (χ3n) is 2.10. The minimum Gasteiger partial charge on any atom is -0.497 e. The van der Waals surface area contributed by atoms with Crippen molar-refractivity contribution < 1.29 is 9.26 Å². The molecule has 0 saturated heterocycles. The molecule has 0 saturated carbocycles. The highest BCUT2D eigenvalue weighted by molar-refractivity contribution is 7.98. The zero-order valence-electron chi connectivity index (χ0n) is 9.27. The molecular formula is C12H13NO2S. The van der Waals surface area contributed by atoms with E-state index in [0.29, 0.717) is 0 Å². The monoisotopic (exact) mass is 235 g/mol. The average molecular weight is 235 g/mol. The third kappa shape index (κ3) is 2.79. The number of aryl methyl sites for hydroxylation is 1. The van der Waals surface area contributed by atoms with Crippen molar-refractivity contribution in [3.63, 3.8) is 0 Å². The molecule has 0 aliphatic heterocycles.